The molecule has 6 heteroatoms. The van der Waals surface area contributed by atoms with Crippen molar-refractivity contribution in [2.75, 3.05) is 13.1 Å². The zero-order valence-electron chi connectivity index (χ0n) is 15.0. The molecule has 1 heterocycles. The first-order valence-electron chi connectivity index (χ1n) is 9.47. The van der Waals surface area contributed by atoms with Gasteiger partial charge in [-0.15, -0.1) is 12.4 Å². The van der Waals surface area contributed by atoms with E-state index < -0.39 is 0 Å². The first-order valence-corrected chi connectivity index (χ1v) is 9.47. The lowest BCUT2D eigenvalue weighted by molar-refractivity contribution is -0.142. The number of nitrogens with two attached hydrogens (primary N) is 1. The molecule has 3 N–H and O–H groups in total. The van der Waals surface area contributed by atoms with E-state index in [1.165, 1.54) is 19.3 Å². The molecule has 0 bridgehead atoms. The third-order valence-corrected chi connectivity index (χ3v) is 5.39. The summed E-state index contributed by atoms with van der Waals surface area (Å²) < 4.78 is 0. The van der Waals surface area contributed by atoms with Gasteiger partial charge >= 0.3 is 0 Å². The highest BCUT2D eigenvalue weighted by Crippen LogP contribution is 2.27. The van der Waals surface area contributed by atoms with E-state index in [4.69, 9.17) is 5.73 Å². The molecule has 0 radical (unpaired) electrons. The molecular weight excluding hydrogens is 326 g/mol. The summed E-state index contributed by atoms with van der Waals surface area (Å²) in [6, 6.07) is -0.228. The molecule has 0 aromatic carbocycles. The van der Waals surface area contributed by atoms with Crippen LogP contribution >= 0.6 is 12.4 Å². The van der Waals surface area contributed by atoms with Crippen molar-refractivity contribution in [2.24, 2.45) is 11.7 Å². The highest BCUT2D eigenvalue weighted by Gasteiger charge is 2.33. The van der Waals surface area contributed by atoms with Gasteiger partial charge in [0.2, 0.25) is 11.8 Å². The number of carbonyl (C=O) groups excluding carboxylic acids is 2. The quantitative estimate of drug-likeness (QED) is 0.765. The van der Waals surface area contributed by atoms with E-state index in [2.05, 4.69) is 5.32 Å². The molecule has 0 aromatic rings. The van der Waals surface area contributed by atoms with Crippen molar-refractivity contribution in [3.8, 4) is 0 Å². The maximum absolute atomic E-state index is 12.8. The molecular formula is C18H34ClN3O2. The molecule has 0 aromatic heterocycles. The Labute approximate surface area is 152 Å². The lowest BCUT2D eigenvalue weighted by Crippen LogP contribution is -2.56. The minimum Gasteiger partial charge on any atom is -0.350 e. The van der Waals surface area contributed by atoms with E-state index in [0.717, 1.165) is 38.5 Å². The molecule has 5 nitrogen and oxygen atoms in total. The summed E-state index contributed by atoms with van der Waals surface area (Å²) in [5.41, 5.74) is 5.93. The van der Waals surface area contributed by atoms with Crippen LogP contribution in [0.15, 0.2) is 0 Å². The van der Waals surface area contributed by atoms with Crippen LogP contribution in [0.3, 0.4) is 0 Å². The Bertz CT molecular complexity index is 400. The number of amides is 2. The molecule has 2 unspecified atom stereocenters. The molecule has 1 saturated carbocycles. The van der Waals surface area contributed by atoms with Crippen molar-refractivity contribution < 1.29 is 9.59 Å². The van der Waals surface area contributed by atoms with E-state index in [-0.39, 0.29) is 36.3 Å². The second-order valence-corrected chi connectivity index (χ2v) is 7.10. The van der Waals surface area contributed by atoms with Crippen molar-refractivity contribution in [3.63, 3.8) is 0 Å². The average molecular weight is 360 g/mol. The molecule has 2 aliphatic rings. The van der Waals surface area contributed by atoms with Crippen LogP contribution < -0.4 is 11.1 Å². The Morgan fingerprint density at radius 2 is 1.79 bits per heavy atom. The number of halogens is 1. The first kappa shape index (κ1) is 21.2. The molecule has 1 aliphatic carbocycles. The zero-order valence-corrected chi connectivity index (χ0v) is 15.8. The monoisotopic (exact) mass is 359 g/mol. The average Bonchev–Trinajstić information content (AvgIpc) is 2.60. The Morgan fingerprint density at radius 3 is 2.42 bits per heavy atom. The predicted molar refractivity (Wildman–Crippen MR) is 99.1 cm³/mol. The Kier molecular flexibility index (Phi) is 9.67. The van der Waals surface area contributed by atoms with Crippen LogP contribution in [-0.4, -0.2) is 41.9 Å². The third-order valence-electron chi connectivity index (χ3n) is 5.39. The van der Waals surface area contributed by atoms with Gasteiger partial charge in [-0.05, 0) is 44.4 Å². The summed E-state index contributed by atoms with van der Waals surface area (Å²) >= 11 is 0. The van der Waals surface area contributed by atoms with Crippen LogP contribution in [0.25, 0.3) is 0 Å². The lowest BCUT2D eigenvalue weighted by atomic mass is 9.83. The number of carbonyl (C=O) groups is 2. The second-order valence-electron chi connectivity index (χ2n) is 7.10. The molecule has 1 saturated heterocycles. The summed E-state index contributed by atoms with van der Waals surface area (Å²) in [5.74, 6) is 0.630. The minimum absolute atomic E-state index is 0. The van der Waals surface area contributed by atoms with Crippen molar-refractivity contribution in [1.82, 2.24) is 10.2 Å². The lowest BCUT2D eigenvalue weighted by Gasteiger charge is -2.37. The van der Waals surface area contributed by atoms with Crippen LogP contribution in [0.4, 0.5) is 0 Å². The number of nitrogens with one attached hydrogen (secondary N) is 1. The third kappa shape index (κ3) is 5.62. The van der Waals surface area contributed by atoms with Crippen molar-refractivity contribution in [2.45, 2.75) is 83.2 Å². The summed E-state index contributed by atoms with van der Waals surface area (Å²) in [4.78, 5) is 26.9. The number of nitrogens with zero attached hydrogens (tertiary/aromatic N) is 1. The highest BCUT2D eigenvalue weighted by atomic mass is 35.5. The van der Waals surface area contributed by atoms with E-state index in [9.17, 15) is 9.59 Å². The fourth-order valence-corrected chi connectivity index (χ4v) is 4.04. The fourth-order valence-electron chi connectivity index (χ4n) is 4.04. The normalized spacial score (nSPS) is 23.2. The van der Waals surface area contributed by atoms with Gasteiger partial charge < -0.3 is 16.0 Å². The molecule has 2 rings (SSSR count). The zero-order chi connectivity index (χ0) is 16.7. The van der Waals surface area contributed by atoms with Crippen LogP contribution in [0.5, 0.6) is 0 Å². The van der Waals surface area contributed by atoms with Crippen LogP contribution in [0.2, 0.25) is 0 Å². The first-order chi connectivity index (χ1) is 11.2. The number of piperidine rings is 1. The summed E-state index contributed by atoms with van der Waals surface area (Å²) in [6.45, 7) is 3.21. The van der Waals surface area contributed by atoms with Gasteiger partial charge in [-0.1, -0.05) is 26.2 Å². The number of likely N-dealkylation sites (tertiary alicyclic amines) is 1. The van der Waals surface area contributed by atoms with E-state index >= 15 is 0 Å². The van der Waals surface area contributed by atoms with E-state index in [1.54, 1.807) is 4.90 Å². The smallest absolute Gasteiger partial charge is 0.243 e. The van der Waals surface area contributed by atoms with Crippen molar-refractivity contribution in [3.05, 3.63) is 0 Å². The Balaban J connectivity index is 0.00000288. The van der Waals surface area contributed by atoms with E-state index in [0.29, 0.717) is 25.4 Å². The van der Waals surface area contributed by atoms with Crippen LogP contribution in [0, 0.1) is 5.92 Å². The molecule has 24 heavy (non-hydrogen) atoms. The summed E-state index contributed by atoms with van der Waals surface area (Å²) in [7, 11) is 0. The van der Waals surface area contributed by atoms with Gasteiger partial charge in [-0.3, -0.25) is 9.59 Å². The molecule has 0 spiro atoms. The standard InChI is InChI=1S/C18H33N3O2.ClH/c1-2-8-17(22)21-12-7-6-11-16(21)18(23)20-15(13-19)14-9-4-3-5-10-14;/h14-16H,2-13,19H2,1H3,(H,20,23);1H. The molecule has 140 valence electrons. The maximum Gasteiger partial charge on any atom is 0.243 e. The predicted octanol–water partition coefficient (Wildman–Crippen LogP) is 2.61. The van der Waals surface area contributed by atoms with Gasteiger partial charge in [0.05, 0.1) is 0 Å². The van der Waals surface area contributed by atoms with Gasteiger partial charge in [0.1, 0.15) is 6.04 Å². The second kappa shape index (κ2) is 10.9. The largest absolute Gasteiger partial charge is 0.350 e. The Morgan fingerprint density at radius 1 is 1.12 bits per heavy atom. The SMILES string of the molecule is CCCC(=O)N1CCCCC1C(=O)NC(CN)C1CCCCC1.Cl. The molecule has 2 fully saturated rings. The van der Waals surface area contributed by atoms with E-state index in [1.807, 2.05) is 6.92 Å². The van der Waals surface area contributed by atoms with Crippen LogP contribution in [0.1, 0.15) is 71.1 Å². The fraction of sp³-hybridized carbons (Fsp3) is 0.889. The molecule has 2 atom stereocenters. The Hall–Kier alpha value is -0.810. The van der Waals surface area contributed by atoms with Crippen LogP contribution in [-0.2, 0) is 9.59 Å². The summed E-state index contributed by atoms with van der Waals surface area (Å²) in [5, 5.41) is 3.18. The number of hydrogen-bond donors (Lipinski definition) is 2. The molecule has 2 amide bonds. The van der Waals surface area contributed by atoms with Gasteiger partial charge in [0, 0.05) is 25.6 Å². The number of rotatable bonds is 6. The number of hydrogen-bond acceptors (Lipinski definition) is 3. The van der Waals surface area contributed by atoms with Gasteiger partial charge in [0.25, 0.3) is 0 Å². The summed E-state index contributed by atoms with van der Waals surface area (Å²) in [6.07, 6.45) is 10.3. The van der Waals surface area contributed by atoms with Gasteiger partial charge in [-0.25, -0.2) is 0 Å². The van der Waals surface area contributed by atoms with Gasteiger partial charge in [0.15, 0.2) is 0 Å². The van der Waals surface area contributed by atoms with Crippen molar-refractivity contribution >= 4 is 24.2 Å². The van der Waals surface area contributed by atoms with Gasteiger partial charge in [-0.2, -0.15) is 0 Å². The highest BCUT2D eigenvalue weighted by molar-refractivity contribution is 5.88. The maximum atomic E-state index is 12.8. The topological polar surface area (TPSA) is 75.4 Å². The minimum atomic E-state index is -0.291. The molecule has 1 aliphatic heterocycles. The van der Waals surface area contributed by atoms with Crippen molar-refractivity contribution in [1.29, 1.82) is 0 Å².